The first kappa shape index (κ1) is 28.4. The molecule has 0 N–H and O–H groups in total. The van der Waals surface area contributed by atoms with Gasteiger partial charge in [-0.3, -0.25) is 9.05 Å². The van der Waals surface area contributed by atoms with E-state index in [1.165, 1.54) is 26.6 Å². The van der Waals surface area contributed by atoms with E-state index in [2.05, 4.69) is 19.9 Å². The Morgan fingerprint density at radius 3 is 1.42 bits per heavy atom. The molecule has 14 heteroatoms. The van der Waals surface area contributed by atoms with Gasteiger partial charge in [-0.25, -0.2) is 19.9 Å². The van der Waals surface area contributed by atoms with Crippen LogP contribution < -0.4 is 9.05 Å². The van der Waals surface area contributed by atoms with Crippen LogP contribution in [0.3, 0.4) is 0 Å². The van der Waals surface area contributed by atoms with E-state index in [9.17, 15) is 0 Å². The van der Waals surface area contributed by atoms with Crippen molar-refractivity contribution < 1.29 is 27.1 Å². The minimum Gasteiger partial charge on any atom is -0.404 e. The Hall–Kier alpha value is -2.14. The molecule has 0 aliphatic rings. The molecule has 0 saturated carbocycles. The third kappa shape index (κ3) is 7.93. The maximum absolute atomic E-state index is 5.60. The summed E-state index contributed by atoms with van der Waals surface area (Å²) in [5.74, 6) is 0.625. The molecule has 0 bridgehead atoms. The lowest BCUT2D eigenvalue weighted by Gasteiger charge is -2.20. The number of aromatic nitrogens is 4. The second kappa shape index (κ2) is 13.4. The molecule has 0 aliphatic heterocycles. The number of para-hydroxylation sites is 4. The summed E-state index contributed by atoms with van der Waals surface area (Å²) in [7, 11) is 2.89. The summed E-state index contributed by atoms with van der Waals surface area (Å²) in [6.45, 7) is -0.995. The van der Waals surface area contributed by atoms with Gasteiger partial charge < -0.3 is 18.1 Å². The summed E-state index contributed by atoms with van der Waals surface area (Å²) < 4.78 is 31.8. The van der Waals surface area contributed by atoms with Crippen molar-refractivity contribution in [2.45, 2.75) is 13.8 Å². The number of nitrogens with zero attached hydrogens (tertiary/aromatic N) is 4. The summed E-state index contributed by atoms with van der Waals surface area (Å²) in [4.78, 5) is 17.1. The second-order valence-corrected chi connectivity index (χ2v) is 12.8. The molecule has 0 radical (unpaired) electrons. The highest BCUT2D eigenvalue weighted by atomic mass is 32.5. The predicted octanol–water partition coefficient (Wildman–Crippen LogP) is 5.83. The van der Waals surface area contributed by atoms with Gasteiger partial charge in [0.25, 0.3) is 0 Å². The number of benzene rings is 2. The zero-order valence-corrected chi connectivity index (χ0v) is 23.6. The van der Waals surface area contributed by atoms with Gasteiger partial charge in [0, 0.05) is 37.8 Å². The molecule has 0 atom stereocenters. The fourth-order valence-corrected chi connectivity index (χ4v) is 5.59. The largest absolute Gasteiger partial charge is 0.404 e. The van der Waals surface area contributed by atoms with Gasteiger partial charge in [0.05, 0.1) is 47.7 Å². The SMILES string of the molecule is CCOP(=S)(OCC)Oc1cnc2ccccc2n1.COP(=S)(OC)Oc1cnc2ccccc2n1. The van der Waals surface area contributed by atoms with Crippen molar-refractivity contribution in [3.63, 3.8) is 0 Å². The third-order valence-corrected chi connectivity index (χ3v) is 9.12. The summed E-state index contributed by atoms with van der Waals surface area (Å²) >= 11 is 10.4. The van der Waals surface area contributed by atoms with Crippen LogP contribution in [0.15, 0.2) is 60.9 Å². The number of hydrogen-bond acceptors (Lipinski definition) is 12. The Bertz CT molecular complexity index is 1380. The lowest BCUT2D eigenvalue weighted by molar-refractivity contribution is 0.216. The maximum Gasteiger partial charge on any atom is 0.381 e. The van der Waals surface area contributed by atoms with Crippen molar-refractivity contribution in [1.29, 1.82) is 0 Å². The van der Waals surface area contributed by atoms with Crippen LogP contribution in [0, 0.1) is 0 Å². The highest BCUT2D eigenvalue weighted by molar-refractivity contribution is 8.08. The number of fused-ring (bicyclic) bond motifs is 2. The first-order chi connectivity index (χ1) is 17.3. The van der Waals surface area contributed by atoms with E-state index in [0.717, 1.165) is 22.1 Å². The highest BCUT2D eigenvalue weighted by Crippen LogP contribution is 2.49. The van der Waals surface area contributed by atoms with Crippen LogP contribution in [0.25, 0.3) is 22.1 Å². The van der Waals surface area contributed by atoms with Crippen LogP contribution in [0.4, 0.5) is 0 Å². The van der Waals surface area contributed by atoms with Gasteiger partial charge in [0.2, 0.25) is 11.8 Å². The quantitative estimate of drug-likeness (QED) is 0.215. The Kier molecular flexibility index (Phi) is 10.6. The minimum absolute atomic E-state index is 0.302. The summed E-state index contributed by atoms with van der Waals surface area (Å²) in [6, 6.07) is 15.0. The van der Waals surface area contributed by atoms with Gasteiger partial charge in [-0.1, -0.05) is 24.3 Å². The number of rotatable bonds is 10. The predicted molar refractivity (Wildman–Crippen MR) is 146 cm³/mol. The molecule has 2 aromatic heterocycles. The molecule has 192 valence electrons. The Morgan fingerprint density at radius 2 is 1.03 bits per heavy atom. The second-order valence-electron chi connectivity index (χ2n) is 6.67. The Labute approximate surface area is 219 Å². The minimum atomic E-state index is -2.79. The monoisotopic (exact) mass is 568 g/mol. The highest BCUT2D eigenvalue weighted by Gasteiger charge is 2.22. The van der Waals surface area contributed by atoms with E-state index in [1.807, 2.05) is 62.4 Å². The van der Waals surface area contributed by atoms with Crippen molar-refractivity contribution in [3.8, 4) is 11.8 Å². The normalized spacial score (nSPS) is 11.7. The molecule has 0 aliphatic carbocycles. The van der Waals surface area contributed by atoms with Crippen molar-refractivity contribution in [3.05, 3.63) is 60.9 Å². The molecule has 10 nitrogen and oxygen atoms in total. The molecule has 0 amide bonds. The number of hydrogen-bond donors (Lipinski definition) is 0. The van der Waals surface area contributed by atoms with E-state index in [-0.39, 0.29) is 0 Å². The lowest BCUT2D eigenvalue weighted by Crippen LogP contribution is -2.03. The van der Waals surface area contributed by atoms with Crippen LogP contribution in [0.5, 0.6) is 11.8 Å². The van der Waals surface area contributed by atoms with Gasteiger partial charge in [0.15, 0.2) is 0 Å². The zero-order valence-electron chi connectivity index (χ0n) is 20.1. The molecule has 0 unspecified atom stereocenters. The van der Waals surface area contributed by atoms with Gasteiger partial charge in [-0.05, 0) is 38.1 Å². The van der Waals surface area contributed by atoms with Gasteiger partial charge in [0.1, 0.15) is 0 Å². The molecule has 0 saturated heterocycles. The van der Waals surface area contributed by atoms with Crippen molar-refractivity contribution >= 4 is 59.1 Å². The smallest absolute Gasteiger partial charge is 0.381 e. The van der Waals surface area contributed by atoms with Crippen LogP contribution in [0.1, 0.15) is 13.8 Å². The molecule has 36 heavy (non-hydrogen) atoms. The first-order valence-corrected chi connectivity index (χ1v) is 15.9. The summed E-state index contributed by atoms with van der Waals surface area (Å²) in [6.07, 6.45) is 3.03. The molecular weight excluding hydrogens is 542 g/mol. The summed E-state index contributed by atoms with van der Waals surface area (Å²) in [5.41, 5.74) is 3.08. The molecular formula is C22H26N4O6P2S2. The zero-order chi connectivity index (χ0) is 26.0. The molecule has 0 spiro atoms. The lowest BCUT2D eigenvalue weighted by atomic mass is 10.3. The van der Waals surface area contributed by atoms with Gasteiger partial charge in [-0.2, -0.15) is 0 Å². The Morgan fingerprint density at radius 1 is 0.639 bits per heavy atom. The average molecular weight is 569 g/mol. The van der Waals surface area contributed by atoms with E-state index in [4.69, 9.17) is 50.8 Å². The van der Waals surface area contributed by atoms with Crippen LogP contribution in [0.2, 0.25) is 0 Å². The topological polar surface area (TPSA) is 107 Å². The Balaban J connectivity index is 0.000000202. The molecule has 0 fully saturated rings. The fourth-order valence-electron chi connectivity index (χ4n) is 2.75. The summed E-state index contributed by atoms with van der Waals surface area (Å²) in [5, 5.41) is 0. The van der Waals surface area contributed by atoms with Crippen molar-refractivity contribution in [1.82, 2.24) is 19.9 Å². The van der Waals surface area contributed by atoms with Gasteiger partial charge >= 0.3 is 13.4 Å². The van der Waals surface area contributed by atoms with Crippen LogP contribution >= 0.6 is 13.4 Å². The fraction of sp³-hybridized carbons (Fsp3) is 0.273. The third-order valence-electron chi connectivity index (χ3n) is 4.29. The van der Waals surface area contributed by atoms with Crippen LogP contribution in [-0.2, 0) is 41.7 Å². The van der Waals surface area contributed by atoms with E-state index >= 15 is 0 Å². The van der Waals surface area contributed by atoms with E-state index in [1.54, 1.807) is 0 Å². The van der Waals surface area contributed by atoms with E-state index < -0.39 is 13.4 Å². The molecule has 4 aromatic rings. The average Bonchev–Trinajstić information content (AvgIpc) is 2.89. The molecule has 2 aromatic carbocycles. The standard InChI is InChI=1S/C12H15N2O3PS.C10H11N2O3PS/c1-3-15-18(19,16-4-2)17-12-9-13-10-7-5-6-8-11(10)14-12;1-13-16(17,14-2)15-10-7-11-8-5-3-4-6-9(8)12-10/h5-9H,3-4H2,1-2H3;3-7H,1-2H3. The van der Waals surface area contributed by atoms with Gasteiger partial charge in [-0.15, -0.1) is 0 Å². The van der Waals surface area contributed by atoms with E-state index in [0.29, 0.717) is 25.0 Å². The molecule has 4 rings (SSSR count). The maximum atomic E-state index is 5.60. The van der Waals surface area contributed by atoms with Crippen molar-refractivity contribution in [2.24, 2.45) is 0 Å². The van der Waals surface area contributed by atoms with Crippen LogP contribution in [-0.4, -0.2) is 47.4 Å². The first-order valence-electron chi connectivity index (χ1n) is 10.8. The van der Waals surface area contributed by atoms with Crippen molar-refractivity contribution in [2.75, 3.05) is 27.4 Å². The molecule has 2 heterocycles.